The van der Waals surface area contributed by atoms with Crippen molar-refractivity contribution in [2.24, 2.45) is 0 Å². The Morgan fingerprint density at radius 3 is 2.67 bits per heavy atom. The zero-order valence-corrected chi connectivity index (χ0v) is 20.1. The summed E-state index contributed by atoms with van der Waals surface area (Å²) in [6, 6.07) is 14.0. The molecule has 0 bridgehead atoms. The summed E-state index contributed by atoms with van der Waals surface area (Å²) >= 11 is 1.10. The molecule has 4 heterocycles. The fraction of sp³-hybridized carbons (Fsp3) is 0.231. The lowest BCUT2D eigenvalue weighted by Crippen LogP contribution is -2.30. The van der Waals surface area contributed by atoms with Crippen molar-refractivity contribution in [1.82, 2.24) is 13.7 Å². The minimum atomic E-state index is -2.02. The van der Waals surface area contributed by atoms with Gasteiger partial charge in [-0.25, -0.2) is 9.78 Å². The first-order chi connectivity index (χ1) is 17.5. The number of carbonyl (C=O) groups excluding carboxylic acids is 1. The SMILES string of the molecule is COc1ccc(CC2=C(c3ccc4nsnc4c3)C(=O)OC2(O)c2ccc3c(c2)OCCCO3)cn1. The third-order valence-electron chi connectivity index (χ3n) is 6.22. The van der Waals surface area contributed by atoms with E-state index in [2.05, 4.69) is 13.7 Å². The molecule has 1 unspecified atom stereocenters. The molecule has 6 rings (SSSR count). The number of benzene rings is 2. The summed E-state index contributed by atoms with van der Waals surface area (Å²) in [6.45, 7) is 1.03. The van der Waals surface area contributed by atoms with E-state index in [-0.39, 0.29) is 12.0 Å². The maximum absolute atomic E-state index is 13.3. The third kappa shape index (κ3) is 3.84. The van der Waals surface area contributed by atoms with Crippen LogP contribution < -0.4 is 14.2 Å². The number of pyridine rings is 1. The molecular weight excluding hydrogens is 482 g/mol. The van der Waals surface area contributed by atoms with E-state index >= 15 is 0 Å². The highest BCUT2D eigenvalue weighted by atomic mass is 32.1. The number of esters is 1. The maximum Gasteiger partial charge on any atom is 0.342 e. The van der Waals surface area contributed by atoms with Gasteiger partial charge in [0.2, 0.25) is 5.88 Å². The topological polar surface area (TPSA) is 113 Å². The number of rotatable bonds is 5. The molecule has 2 aliphatic heterocycles. The molecule has 0 fully saturated rings. The first kappa shape index (κ1) is 22.4. The van der Waals surface area contributed by atoms with Crippen LogP contribution >= 0.6 is 11.7 Å². The number of hydrogen-bond acceptors (Lipinski definition) is 10. The molecule has 0 radical (unpaired) electrons. The fourth-order valence-electron chi connectivity index (χ4n) is 4.42. The van der Waals surface area contributed by atoms with Gasteiger partial charge in [0.05, 0.1) is 37.6 Å². The quantitative estimate of drug-likeness (QED) is 0.408. The van der Waals surface area contributed by atoms with Gasteiger partial charge < -0.3 is 24.1 Å². The van der Waals surface area contributed by atoms with E-state index in [4.69, 9.17) is 18.9 Å². The van der Waals surface area contributed by atoms with Crippen LogP contribution in [0.15, 0.2) is 60.3 Å². The van der Waals surface area contributed by atoms with Gasteiger partial charge in [0, 0.05) is 36.2 Å². The Morgan fingerprint density at radius 1 is 1.03 bits per heavy atom. The maximum atomic E-state index is 13.3. The second kappa shape index (κ2) is 8.89. The highest BCUT2D eigenvalue weighted by Crippen LogP contribution is 2.46. The zero-order valence-electron chi connectivity index (χ0n) is 19.3. The van der Waals surface area contributed by atoms with Crippen molar-refractivity contribution in [1.29, 1.82) is 0 Å². The minimum absolute atomic E-state index is 0.205. The van der Waals surface area contributed by atoms with Crippen LogP contribution in [0, 0.1) is 0 Å². The van der Waals surface area contributed by atoms with Crippen LogP contribution in [0.2, 0.25) is 0 Å². The molecule has 2 aromatic heterocycles. The Bertz CT molecular complexity index is 1500. The summed E-state index contributed by atoms with van der Waals surface area (Å²) in [6.07, 6.45) is 2.60. The summed E-state index contributed by atoms with van der Waals surface area (Å²) < 4.78 is 31.0. The number of cyclic esters (lactones) is 1. The summed E-state index contributed by atoms with van der Waals surface area (Å²) in [7, 11) is 1.54. The van der Waals surface area contributed by atoms with Crippen molar-refractivity contribution in [3.63, 3.8) is 0 Å². The number of methoxy groups -OCH3 is 1. The van der Waals surface area contributed by atoms with Gasteiger partial charge in [-0.15, -0.1) is 0 Å². The molecule has 0 saturated carbocycles. The number of carbonyl (C=O) groups is 1. The molecule has 2 aliphatic rings. The lowest BCUT2D eigenvalue weighted by atomic mass is 9.88. The highest BCUT2D eigenvalue weighted by Gasteiger charge is 2.48. The second-order valence-corrected chi connectivity index (χ2v) is 8.98. The van der Waals surface area contributed by atoms with E-state index < -0.39 is 11.8 Å². The summed E-state index contributed by atoms with van der Waals surface area (Å²) in [5.74, 6) is -1.12. The van der Waals surface area contributed by atoms with Crippen LogP contribution in [-0.4, -0.2) is 45.1 Å². The Kier molecular flexibility index (Phi) is 5.54. The van der Waals surface area contributed by atoms with Crippen molar-refractivity contribution < 1.29 is 28.8 Å². The van der Waals surface area contributed by atoms with Crippen LogP contribution in [-0.2, 0) is 21.7 Å². The summed E-state index contributed by atoms with van der Waals surface area (Å²) in [5, 5.41) is 12.0. The Morgan fingerprint density at radius 2 is 1.86 bits per heavy atom. The van der Waals surface area contributed by atoms with E-state index in [0.29, 0.717) is 52.8 Å². The van der Waals surface area contributed by atoms with Gasteiger partial charge in [-0.2, -0.15) is 8.75 Å². The smallest absolute Gasteiger partial charge is 0.342 e. The Balaban J connectivity index is 1.50. The summed E-state index contributed by atoms with van der Waals surface area (Å²) in [4.78, 5) is 17.6. The zero-order chi connectivity index (χ0) is 24.7. The standard InChI is InChI=1S/C26H21N3O6S/c1-32-23-8-3-15(14-27-23)11-18-24(16-4-6-19-20(12-16)29-36-28-19)25(30)35-26(18,31)17-5-7-21-22(13-17)34-10-2-9-33-21/h3-8,12-14,31H,2,9-11H2,1H3. The number of ether oxygens (including phenoxy) is 4. The van der Waals surface area contributed by atoms with Gasteiger partial charge in [0.25, 0.3) is 5.79 Å². The van der Waals surface area contributed by atoms with Crippen LogP contribution in [0.4, 0.5) is 0 Å². The van der Waals surface area contributed by atoms with E-state index in [0.717, 1.165) is 29.2 Å². The van der Waals surface area contributed by atoms with Gasteiger partial charge in [-0.3, -0.25) is 0 Å². The molecule has 4 aromatic rings. The molecule has 182 valence electrons. The van der Waals surface area contributed by atoms with Crippen molar-refractivity contribution in [3.8, 4) is 17.4 Å². The molecule has 2 aromatic carbocycles. The van der Waals surface area contributed by atoms with Crippen LogP contribution in [0.1, 0.15) is 23.1 Å². The van der Waals surface area contributed by atoms with E-state index in [1.165, 1.54) is 0 Å². The average molecular weight is 504 g/mol. The number of aliphatic hydroxyl groups is 1. The monoisotopic (exact) mass is 503 g/mol. The molecule has 0 spiro atoms. The Hall–Kier alpha value is -4.02. The third-order valence-corrected chi connectivity index (χ3v) is 6.78. The molecule has 0 saturated heterocycles. The molecule has 1 atom stereocenters. The van der Waals surface area contributed by atoms with E-state index in [9.17, 15) is 9.90 Å². The predicted molar refractivity (Wildman–Crippen MR) is 131 cm³/mol. The van der Waals surface area contributed by atoms with Gasteiger partial charge in [0.15, 0.2) is 11.5 Å². The molecule has 0 aliphatic carbocycles. The molecular formula is C26H21N3O6S. The molecule has 36 heavy (non-hydrogen) atoms. The van der Waals surface area contributed by atoms with Crippen LogP contribution in [0.3, 0.4) is 0 Å². The van der Waals surface area contributed by atoms with Crippen molar-refractivity contribution in [3.05, 3.63) is 77.0 Å². The first-order valence-corrected chi connectivity index (χ1v) is 12.1. The molecule has 10 heteroatoms. The van der Waals surface area contributed by atoms with Crippen molar-refractivity contribution in [2.75, 3.05) is 20.3 Å². The largest absolute Gasteiger partial charge is 0.490 e. The summed E-state index contributed by atoms with van der Waals surface area (Å²) in [5.41, 5.74) is 3.77. The highest BCUT2D eigenvalue weighted by molar-refractivity contribution is 7.00. The first-order valence-electron chi connectivity index (χ1n) is 11.4. The van der Waals surface area contributed by atoms with Gasteiger partial charge in [-0.05, 0) is 41.5 Å². The minimum Gasteiger partial charge on any atom is -0.490 e. The number of fused-ring (bicyclic) bond motifs is 2. The van der Waals surface area contributed by atoms with Gasteiger partial charge >= 0.3 is 5.97 Å². The molecule has 1 N–H and O–H groups in total. The second-order valence-electron chi connectivity index (χ2n) is 8.45. The average Bonchev–Trinajstić information content (AvgIpc) is 3.36. The predicted octanol–water partition coefficient (Wildman–Crippen LogP) is 3.65. The molecule has 9 nitrogen and oxygen atoms in total. The number of aromatic nitrogens is 3. The van der Waals surface area contributed by atoms with Crippen LogP contribution in [0.5, 0.6) is 17.4 Å². The number of nitrogens with zero attached hydrogens (tertiary/aromatic N) is 3. The number of hydrogen-bond donors (Lipinski definition) is 1. The van der Waals surface area contributed by atoms with Gasteiger partial charge in [-0.1, -0.05) is 12.1 Å². The fourth-order valence-corrected chi connectivity index (χ4v) is 4.94. The van der Waals surface area contributed by atoms with Crippen molar-refractivity contribution in [2.45, 2.75) is 18.6 Å². The Labute approximate surface area is 210 Å². The normalized spacial score (nSPS) is 19.3. The van der Waals surface area contributed by atoms with Gasteiger partial charge in [0.1, 0.15) is 11.0 Å². The lowest BCUT2D eigenvalue weighted by Gasteiger charge is -2.26. The van der Waals surface area contributed by atoms with Crippen molar-refractivity contribution >= 4 is 34.3 Å². The van der Waals surface area contributed by atoms with Crippen LogP contribution in [0.25, 0.3) is 16.6 Å². The van der Waals surface area contributed by atoms with E-state index in [1.807, 2.05) is 6.07 Å². The molecule has 0 amide bonds. The van der Waals surface area contributed by atoms with E-state index in [1.54, 1.807) is 55.8 Å². The lowest BCUT2D eigenvalue weighted by molar-refractivity contribution is -0.185.